The molecule has 5 heteroatoms. The van der Waals surface area contributed by atoms with Gasteiger partial charge < -0.3 is 19.7 Å². The van der Waals surface area contributed by atoms with Gasteiger partial charge in [0.2, 0.25) is 0 Å². The van der Waals surface area contributed by atoms with Crippen LogP contribution in [-0.2, 0) is 6.54 Å². The van der Waals surface area contributed by atoms with Gasteiger partial charge in [-0.2, -0.15) is 0 Å². The first-order valence-electron chi connectivity index (χ1n) is 7.71. The highest BCUT2D eigenvalue weighted by atomic mass is 16.3. The van der Waals surface area contributed by atoms with E-state index in [2.05, 4.69) is 5.32 Å². The van der Waals surface area contributed by atoms with Crippen molar-refractivity contribution in [3.8, 4) is 5.75 Å². The molecule has 120 valence electrons. The number of rotatable bonds is 3. The number of hydrogen-bond acceptors (Lipinski definition) is 4. The molecule has 3 aromatic rings. The zero-order chi connectivity index (χ0) is 16.5. The van der Waals surface area contributed by atoms with E-state index < -0.39 is 6.17 Å². The molecule has 2 N–H and O–H groups in total. The van der Waals surface area contributed by atoms with Crippen LogP contribution in [0.2, 0.25) is 0 Å². The third-order valence-electron chi connectivity index (χ3n) is 4.16. The number of nitrogens with one attached hydrogen (secondary N) is 1. The average Bonchev–Trinajstić information content (AvgIpc) is 3.11. The zero-order valence-corrected chi connectivity index (χ0v) is 12.8. The smallest absolute Gasteiger partial charge is 0.258 e. The van der Waals surface area contributed by atoms with Crippen molar-refractivity contribution >= 4 is 11.6 Å². The number of carbonyl (C=O) groups excluding carboxylic acids is 1. The summed E-state index contributed by atoms with van der Waals surface area (Å²) in [7, 11) is 0. The number of aromatic hydroxyl groups is 1. The SMILES string of the molecule is O=C1c2ccccc2N[C@@H](c2ccccc2O)N1Cc1ccco1. The minimum atomic E-state index is -0.473. The third-order valence-corrected chi connectivity index (χ3v) is 4.16. The van der Waals surface area contributed by atoms with E-state index in [9.17, 15) is 9.90 Å². The minimum absolute atomic E-state index is 0.103. The lowest BCUT2D eigenvalue weighted by molar-refractivity contribution is 0.0649. The number of benzene rings is 2. The summed E-state index contributed by atoms with van der Waals surface area (Å²) in [5.74, 6) is 0.727. The highest BCUT2D eigenvalue weighted by Crippen LogP contribution is 2.37. The van der Waals surface area contributed by atoms with Gasteiger partial charge in [-0.3, -0.25) is 4.79 Å². The zero-order valence-electron chi connectivity index (χ0n) is 12.8. The molecular formula is C19H16N2O3. The molecule has 0 bridgehead atoms. The molecular weight excluding hydrogens is 304 g/mol. The molecule has 5 nitrogen and oxygen atoms in total. The van der Waals surface area contributed by atoms with Crippen LogP contribution in [0.5, 0.6) is 5.75 Å². The number of carbonyl (C=O) groups is 1. The first kappa shape index (κ1) is 14.4. The van der Waals surface area contributed by atoms with Gasteiger partial charge in [-0.05, 0) is 30.3 Å². The Balaban J connectivity index is 1.79. The van der Waals surface area contributed by atoms with E-state index in [0.717, 1.165) is 5.69 Å². The second-order valence-electron chi connectivity index (χ2n) is 5.66. The maximum Gasteiger partial charge on any atom is 0.258 e. The molecule has 0 spiro atoms. The van der Waals surface area contributed by atoms with Crippen molar-refractivity contribution in [1.29, 1.82) is 0 Å². The Labute approximate surface area is 139 Å². The molecule has 1 aromatic heterocycles. The Morgan fingerprint density at radius 2 is 1.83 bits per heavy atom. The van der Waals surface area contributed by atoms with Gasteiger partial charge in [-0.25, -0.2) is 0 Å². The normalized spacial score (nSPS) is 16.6. The van der Waals surface area contributed by atoms with E-state index in [0.29, 0.717) is 23.4 Å². The molecule has 4 rings (SSSR count). The van der Waals surface area contributed by atoms with Crippen LogP contribution in [0.1, 0.15) is 27.8 Å². The van der Waals surface area contributed by atoms with Crippen LogP contribution < -0.4 is 5.32 Å². The number of fused-ring (bicyclic) bond motifs is 1. The third kappa shape index (κ3) is 2.40. The molecule has 0 saturated carbocycles. The van der Waals surface area contributed by atoms with Crippen molar-refractivity contribution in [3.63, 3.8) is 0 Å². The maximum atomic E-state index is 13.0. The number of nitrogens with zero attached hydrogens (tertiary/aromatic N) is 1. The number of hydrogen-bond donors (Lipinski definition) is 2. The van der Waals surface area contributed by atoms with Gasteiger partial charge in [-0.1, -0.05) is 30.3 Å². The summed E-state index contributed by atoms with van der Waals surface area (Å²) in [5.41, 5.74) is 2.01. The monoisotopic (exact) mass is 320 g/mol. The van der Waals surface area contributed by atoms with E-state index in [4.69, 9.17) is 4.42 Å². The Hall–Kier alpha value is -3.21. The summed E-state index contributed by atoms with van der Waals surface area (Å²) in [4.78, 5) is 14.7. The van der Waals surface area contributed by atoms with Crippen LogP contribution in [0.25, 0.3) is 0 Å². The number of anilines is 1. The molecule has 2 aromatic carbocycles. The molecule has 24 heavy (non-hydrogen) atoms. The lowest BCUT2D eigenvalue weighted by Gasteiger charge is -2.37. The van der Waals surface area contributed by atoms with Crippen LogP contribution in [0, 0.1) is 0 Å². The molecule has 1 atom stereocenters. The Morgan fingerprint density at radius 1 is 1.04 bits per heavy atom. The fraction of sp³-hybridized carbons (Fsp3) is 0.105. The molecule has 1 aliphatic rings. The summed E-state index contributed by atoms with van der Waals surface area (Å²) in [6.45, 7) is 0.312. The van der Waals surface area contributed by atoms with E-state index in [-0.39, 0.29) is 11.7 Å². The first-order chi connectivity index (χ1) is 11.7. The molecule has 1 aliphatic heterocycles. The van der Waals surface area contributed by atoms with Gasteiger partial charge in [0.25, 0.3) is 5.91 Å². The fourth-order valence-electron chi connectivity index (χ4n) is 2.99. The second-order valence-corrected chi connectivity index (χ2v) is 5.66. The number of phenols is 1. The number of amides is 1. The highest BCUT2D eigenvalue weighted by molar-refractivity contribution is 6.01. The Morgan fingerprint density at radius 3 is 2.62 bits per heavy atom. The fourth-order valence-corrected chi connectivity index (χ4v) is 2.99. The van der Waals surface area contributed by atoms with Crippen molar-refractivity contribution in [2.75, 3.05) is 5.32 Å². The predicted octanol–water partition coefficient (Wildman–Crippen LogP) is 3.75. The van der Waals surface area contributed by atoms with Gasteiger partial charge in [0.05, 0.1) is 18.4 Å². The number of para-hydroxylation sites is 2. The molecule has 0 saturated heterocycles. The molecule has 0 radical (unpaired) electrons. The van der Waals surface area contributed by atoms with Crippen LogP contribution in [0.15, 0.2) is 71.3 Å². The summed E-state index contributed by atoms with van der Waals surface area (Å²) in [6.07, 6.45) is 1.11. The van der Waals surface area contributed by atoms with Crippen LogP contribution in [0.4, 0.5) is 5.69 Å². The van der Waals surface area contributed by atoms with Gasteiger partial charge in [-0.15, -0.1) is 0 Å². The Bertz CT molecular complexity index is 874. The van der Waals surface area contributed by atoms with Crippen molar-refractivity contribution in [2.45, 2.75) is 12.7 Å². The summed E-state index contributed by atoms with van der Waals surface area (Å²) in [5, 5.41) is 13.6. The molecule has 2 heterocycles. The lowest BCUT2D eigenvalue weighted by Crippen LogP contribution is -2.42. The van der Waals surface area contributed by atoms with Crippen LogP contribution in [0.3, 0.4) is 0 Å². The van der Waals surface area contributed by atoms with Crippen molar-refractivity contribution < 1.29 is 14.3 Å². The van der Waals surface area contributed by atoms with Crippen LogP contribution >= 0.6 is 0 Å². The minimum Gasteiger partial charge on any atom is -0.508 e. The second kappa shape index (κ2) is 5.77. The van der Waals surface area contributed by atoms with Crippen molar-refractivity contribution in [2.24, 2.45) is 0 Å². The topological polar surface area (TPSA) is 65.7 Å². The lowest BCUT2D eigenvalue weighted by atomic mass is 10.0. The average molecular weight is 320 g/mol. The van der Waals surface area contributed by atoms with Crippen molar-refractivity contribution in [1.82, 2.24) is 4.90 Å². The van der Waals surface area contributed by atoms with Crippen LogP contribution in [-0.4, -0.2) is 15.9 Å². The molecule has 0 aliphatic carbocycles. The van der Waals surface area contributed by atoms with Gasteiger partial charge in [0.15, 0.2) is 0 Å². The summed E-state index contributed by atoms with van der Waals surface area (Å²) in [6, 6.07) is 18.0. The van der Waals surface area contributed by atoms with E-state index in [1.807, 2.05) is 36.4 Å². The van der Waals surface area contributed by atoms with E-state index >= 15 is 0 Å². The van der Waals surface area contributed by atoms with Crippen molar-refractivity contribution in [3.05, 3.63) is 83.8 Å². The summed E-state index contributed by atoms with van der Waals surface area (Å²) < 4.78 is 5.40. The first-order valence-corrected chi connectivity index (χ1v) is 7.71. The quantitative estimate of drug-likeness (QED) is 0.771. The molecule has 1 amide bonds. The summed E-state index contributed by atoms with van der Waals surface area (Å²) >= 11 is 0. The standard InChI is InChI=1S/C19H16N2O3/c22-17-10-4-2-8-15(17)18-20-16-9-3-1-7-14(16)19(23)21(18)12-13-6-5-11-24-13/h1-11,18,20,22H,12H2/t18-/m1/s1. The van der Waals surface area contributed by atoms with Gasteiger partial charge in [0, 0.05) is 11.3 Å². The van der Waals surface area contributed by atoms with E-state index in [1.165, 1.54) is 0 Å². The molecule has 0 unspecified atom stereocenters. The van der Waals surface area contributed by atoms with Gasteiger partial charge >= 0.3 is 0 Å². The predicted molar refractivity (Wildman–Crippen MR) is 89.5 cm³/mol. The van der Waals surface area contributed by atoms with Gasteiger partial charge in [0.1, 0.15) is 17.7 Å². The maximum absolute atomic E-state index is 13.0. The molecule has 0 fully saturated rings. The van der Waals surface area contributed by atoms with E-state index in [1.54, 1.807) is 35.4 Å². The largest absolute Gasteiger partial charge is 0.508 e. The number of furan rings is 1. The number of phenolic OH excluding ortho intramolecular Hbond substituents is 1. The Kier molecular flexibility index (Phi) is 3.46. The highest BCUT2D eigenvalue weighted by Gasteiger charge is 2.34.